The highest BCUT2D eigenvalue weighted by Gasteiger charge is 1.79. The van der Waals surface area contributed by atoms with E-state index >= 15 is 0 Å². The second-order valence-corrected chi connectivity index (χ2v) is 1.85. The molecular weight excluding hydrogens is 103 g/mol. The fourth-order valence-corrected chi connectivity index (χ4v) is 0.411. The zero-order chi connectivity index (χ0) is 4.12. The van der Waals surface area contributed by atoms with Crippen LogP contribution in [0.1, 0.15) is 0 Å². The van der Waals surface area contributed by atoms with Gasteiger partial charge in [0.15, 0.2) is 6.16 Å². The number of rotatable bonds is 2. The summed E-state index contributed by atoms with van der Waals surface area (Å²) in [5.41, 5.74) is 0. The first-order valence-electron chi connectivity index (χ1n) is 1.37. The highest BCUT2D eigenvalue weighted by molar-refractivity contribution is 7.80. The van der Waals surface area contributed by atoms with Crippen LogP contribution in [0.3, 0.4) is 0 Å². The van der Waals surface area contributed by atoms with Crippen molar-refractivity contribution in [2.45, 2.75) is 0 Å². The summed E-state index contributed by atoms with van der Waals surface area (Å²) >= 11 is 3.81. The van der Waals surface area contributed by atoms with Crippen molar-refractivity contribution >= 4 is 21.1 Å². The topological polar surface area (TPSA) is 17.1 Å². The molecule has 0 amide bonds. The normalized spacial score (nSPS) is 9.00. The van der Waals surface area contributed by atoms with Crippen LogP contribution in [0.25, 0.3) is 0 Å². The Morgan fingerprint density at radius 1 is 1.80 bits per heavy atom. The Kier molecular flexibility index (Phi) is 4.85. The third-order valence-electron chi connectivity index (χ3n) is 0.214. The summed E-state index contributed by atoms with van der Waals surface area (Å²) in [7, 11) is -0.169. The summed E-state index contributed by atoms with van der Waals surface area (Å²) in [6, 6.07) is 0. The Balaban J connectivity index is 2.40. The molecule has 0 aromatic heterocycles. The van der Waals surface area contributed by atoms with Crippen molar-refractivity contribution in [3.63, 3.8) is 0 Å². The van der Waals surface area contributed by atoms with Crippen LogP contribution in [0.4, 0.5) is 0 Å². The minimum atomic E-state index is -0.169. The van der Waals surface area contributed by atoms with E-state index < -0.39 is 0 Å². The van der Waals surface area contributed by atoms with Crippen LogP contribution in [0.2, 0.25) is 0 Å². The van der Waals surface area contributed by atoms with Crippen molar-refractivity contribution in [1.29, 1.82) is 0 Å². The quantitative estimate of drug-likeness (QED) is 0.412. The van der Waals surface area contributed by atoms with Gasteiger partial charge in [-0.3, -0.25) is 0 Å². The molecule has 1 atom stereocenters. The molecule has 0 rings (SSSR count). The van der Waals surface area contributed by atoms with E-state index in [1.807, 2.05) is 0 Å². The predicted octanol–water partition coefficient (Wildman–Crippen LogP) is 0.940. The molecule has 0 aromatic rings. The summed E-state index contributed by atoms with van der Waals surface area (Å²) in [4.78, 5) is 0. The van der Waals surface area contributed by atoms with Crippen LogP contribution in [-0.2, 0) is 4.57 Å². The monoisotopic (exact) mass is 109 g/mol. The molecule has 0 saturated heterocycles. The van der Waals surface area contributed by atoms with Gasteiger partial charge in [-0.2, -0.15) is 12.6 Å². The first kappa shape index (κ1) is 5.45. The highest BCUT2D eigenvalue weighted by Crippen LogP contribution is 1.88. The Morgan fingerprint density at radius 2 is 2.40 bits per heavy atom. The van der Waals surface area contributed by atoms with Gasteiger partial charge in [-0.15, -0.1) is 0 Å². The molecule has 0 aliphatic heterocycles. The molecule has 0 bridgehead atoms. The van der Waals surface area contributed by atoms with Crippen LogP contribution in [-0.4, -0.2) is 11.9 Å². The fourth-order valence-electron chi connectivity index (χ4n) is 0.0456. The van der Waals surface area contributed by atoms with Crippen LogP contribution >= 0.6 is 21.1 Å². The maximum atomic E-state index is 9.51. The van der Waals surface area contributed by atoms with Crippen molar-refractivity contribution in [3.8, 4) is 0 Å². The molecule has 3 heteroatoms. The van der Waals surface area contributed by atoms with Crippen molar-refractivity contribution < 1.29 is 4.57 Å². The lowest BCUT2D eigenvalue weighted by molar-refractivity contribution is 0.599. The molecule has 0 fully saturated rings. The molecule has 0 saturated carbocycles. The van der Waals surface area contributed by atoms with E-state index in [2.05, 4.69) is 12.6 Å². The van der Waals surface area contributed by atoms with Gasteiger partial charge in [-0.05, 0) is 0 Å². The molecule has 0 aromatic carbocycles. The van der Waals surface area contributed by atoms with Gasteiger partial charge in [-0.1, -0.05) is 4.57 Å². The maximum absolute atomic E-state index is 9.51. The average molecular weight is 109 g/mol. The highest BCUT2D eigenvalue weighted by atomic mass is 32.1. The molecular formula is C2H6OPS+. The van der Waals surface area contributed by atoms with Gasteiger partial charge in [0, 0.05) is 5.75 Å². The summed E-state index contributed by atoms with van der Waals surface area (Å²) < 4.78 is 9.51. The van der Waals surface area contributed by atoms with Gasteiger partial charge in [0.1, 0.15) is 0 Å². The minimum Gasteiger partial charge on any atom is -0.175 e. The smallest absolute Gasteiger partial charge is 0.175 e. The SMILES string of the molecule is O=[PH+]CCS. The predicted molar refractivity (Wildman–Crippen MR) is 27.7 cm³/mol. The van der Waals surface area contributed by atoms with Crippen molar-refractivity contribution in [3.05, 3.63) is 0 Å². The van der Waals surface area contributed by atoms with Crippen molar-refractivity contribution in [2.75, 3.05) is 11.9 Å². The van der Waals surface area contributed by atoms with Crippen LogP contribution < -0.4 is 0 Å². The lowest BCUT2D eigenvalue weighted by Gasteiger charge is -1.58. The first-order valence-corrected chi connectivity index (χ1v) is 3.12. The number of hydrogen-bond donors (Lipinski definition) is 1. The molecule has 0 spiro atoms. The standard InChI is InChI=1S/C2H5OPS/c3-4-1-2-5/h5H,1-2H2/p+1. The molecule has 0 N–H and O–H groups in total. The molecule has 0 aliphatic carbocycles. The zero-order valence-corrected chi connectivity index (χ0v) is 4.66. The summed E-state index contributed by atoms with van der Waals surface area (Å²) in [6.45, 7) is 0. The van der Waals surface area contributed by atoms with E-state index in [0.717, 1.165) is 11.9 Å². The largest absolute Gasteiger partial charge is 0.325 e. The van der Waals surface area contributed by atoms with E-state index in [1.165, 1.54) is 0 Å². The van der Waals surface area contributed by atoms with Gasteiger partial charge in [0.2, 0.25) is 0 Å². The Hall–Kier alpha value is 0.450. The minimum absolute atomic E-state index is 0.169. The molecule has 30 valence electrons. The van der Waals surface area contributed by atoms with Gasteiger partial charge >= 0.3 is 8.46 Å². The second kappa shape index (κ2) is 4.45. The van der Waals surface area contributed by atoms with Gasteiger partial charge in [-0.25, -0.2) is 0 Å². The van der Waals surface area contributed by atoms with Crippen LogP contribution in [0.5, 0.6) is 0 Å². The van der Waals surface area contributed by atoms with Crippen LogP contribution in [0.15, 0.2) is 0 Å². The maximum Gasteiger partial charge on any atom is 0.325 e. The van der Waals surface area contributed by atoms with Crippen LogP contribution in [0, 0.1) is 0 Å². The summed E-state index contributed by atoms with van der Waals surface area (Å²) in [5, 5.41) is 0. The lowest BCUT2D eigenvalue weighted by Crippen LogP contribution is -1.65. The van der Waals surface area contributed by atoms with Crippen molar-refractivity contribution in [1.82, 2.24) is 0 Å². The average Bonchev–Trinajstić information content (AvgIpc) is 1.41. The summed E-state index contributed by atoms with van der Waals surface area (Å²) in [6.07, 6.45) is 0.725. The van der Waals surface area contributed by atoms with Gasteiger partial charge < -0.3 is 0 Å². The van der Waals surface area contributed by atoms with E-state index in [-0.39, 0.29) is 8.46 Å². The first-order chi connectivity index (χ1) is 2.41. The number of thiol groups is 1. The molecule has 0 heterocycles. The second-order valence-electron chi connectivity index (χ2n) is 0.618. The third kappa shape index (κ3) is 4.45. The number of hydrogen-bond acceptors (Lipinski definition) is 2. The molecule has 1 unspecified atom stereocenters. The van der Waals surface area contributed by atoms with Gasteiger partial charge in [0.25, 0.3) is 0 Å². The van der Waals surface area contributed by atoms with Gasteiger partial charge in [0.05, 0.1) is 0 Å². The Bertz CT molecular complexity index is 30.8. The lowest BCUT2D eigenvalue weighted by atomic mass is 11.0. The van der Waals surface area contributed by atoms with E-state index in [0.29, 0.717) is 0 Å². The molecule has 5 heavy (non-hydrogen) atoms. The molecule has 1 nitrogen and oxygen atoms in total. The van der Waals surface area contributed by atoms with Crippen molar-refractivity contribution in [2.24, 2.45) is 0 Å². The molecule has 0 aliphatic rings. The fraction of sp³-hybridized carbons (Fsp3) is 1.00. The summed E-state index contributed by atoms with van der Waals surface area (Å²) in [5.74, 6) is 0.738. The van der Waals surface area contributed by atoms with E-state index in [1.54, 1.807) is 0 Å². The molecule has 0 radical (unpaired) electrons. The van der Waals surface area contributed by atoms with E-state index in [9.17, 15) is 4.57 Å². The Morgan fingerprint density at radius 3 is 2.40 bits per heavy atom. The third-order valence-corrected chi connectivity index (χ3v) is 1.31. The Labute approximate surface area is 38.4 Å². The van der Waals surface area contributed by atoms with E-state index in [4.69, 9.17) is 0 Å². The zero-order valence-electron chi connectivity index (χ0n) is 2.77.